The molecule has 0 saturated carbocycles. The second-order valence-corrected chi connectivity index (χ2v) is 3.82. The number of nitrogens with one attached hydrogen (secondary N) is 1. The monoisotopic (exact) mass is 275 g/mol. The highest BCUT2D eigenvalue weighted by Gasteiger charge is 2.19. The van der Waals surface area contributed by atoms with Crippen LogP contribution >= 0.6 is 27.5 Å². The van der Waals surface area contributed by atoms with Crippen LogP contribution in [0.1, 0.15) is 5.56 Å². The van der Waals surface area contributed by atoms with E-state index in [1.165, 1.54) is 0 Å². The minimum absolute atomic E-state index is 0.0526. The number of carbonyl (C=O) groups is 1. The first-order valence-electron chi connectivity index (χ1n) is 4.02. The number of rotatable bonds is 1. The molecule has 1 aliphatic heterocycles. The Hall–Kier alpha value is -0.740. The van der Waals surface area contributed by atoms with Crippen molar-refractivity contribution in [3.8, 4) is 5.75 Å². The van der Waals surface area contributed by atoms with Crippen molar-refractivity contribution >= 4 is 39.1 Å². The number of amides is 1. The molecule has 0 aromatic heterocycles. The van der Waals surface area contributed by atoms with Gasteiger partial charge in [0.15, 0.2) is 6.61 Å². The third-order valence-corrected chi connectivity index (χ3v) is 2.99. The minimum atomic E-state index is -0.175. The van der Waals surface area contributed by atoms with E-state index >= 15 is 0 Å². The molecule has 0 saturated heterocycles. The zero-order valence-corrected chi connectivity index (χ0v) is 9.48. The number of anilines is 1. The molecule has 0 aliphatic carbocycles. The first-order valence-corrected chi connectivity index (χ1v) is 5.52. The van der Waals surface area contributed by atoms with E-state index in [0.717, 1.165) is 5.56 Å². The lowest BCUT2D eigenvalue weighted by Gasteiger charge is -2.19. The molecule has 74 valence electrons. The first kappa shape index (κ1) is 9.80. The summed E-state index contributed by atoms with van der Waals surface area (Å²) in [5.74, 6) is 0.449. The number of hydrogen-bond acceptors (Lipinski definition) is 2. The summed E-state index contributed by atoms with van der Waals surface area (Å²) in [6.45, 7) is 0.0526. The number of fused-ring (bicyclic) bond motifs is 1. The number of carbonyl (C=O) groups excluding carboxylic acids is 1. The molecule has 0 fully saturated rings. The quantitative estimate of drug-likeness (QED) is 0.801. The topological polar surface area (TPSA) is 38.3 Å². The van der Waals surface area contributed by atoms with Crippen molar-refractivity contribution < 1.29 is 9.53 Å². The van der Waals surface area contributed by atoms with E-state index in [0.29, 0.717) is 21.8 Å². The summed E-state index contributed by atoms with van der Waals surface area (Å²) in [5, 5.41) is 3.87. The predicted octanol–water partition coefficient (Wildman–Crippen LogP) is 2.57. The Morgan fingerprint density at radius 2 is 2.36 bits per heavy atom. The molecule has 2 rings (SSSR count). The highest BCUT2D eigenvalue weighted by molar-refractivity contribution is 9.08. The Bertz CT molecular complexity index is 395. The molecule has 1 amide bonds. The largest absolute Gasteiger partial charge is 0.482 e. The summed E-state index contributed by atoms with van der Waals surface area (Å²) in [6.07, 6.45) is 0. The highest BCUT2D eigenvalue weighted by Crippen LogP contribution is 2.37. The first-order chi connectivity index (χ1) is 6.72. The molecule has 1 aromatic carbocycles. The van der Waals surface area contributed by atoms with Crippen molar-refractivity contribution in [1.82, 2.24) is 0 Å². The average Bonchev–Trinajstić information content (AvgIpc) is 2.20. The molecular weight excluding hydrogens is 269 g/mol. The van der Waals surface area contributed by atoms with Crippen molar-refractivity contribution in [2.75, 3.05) is 11.9 Å². The van der Waals surface area contributed by atoms with Gasteiger partial charge >= 0.3 is 0 Å². The van der Waals surface area contributed by atoms with Gasteiger partial charge in [-0.25, -0.2) is 0 Å². The second kappa shape index (κ2) is 3.79. The number of alkyl halides is 1. The normalized spacial score (nSPS) is 14.3. The standard InChI is InChI=1S/C9H7BrClNO2/c10-3-5-1-2-6-9(8(5)11)12-7(13)4-14-6/h1-2H,3-4H2,(H,12,13). The lowest BCUT2D eigenvalue weighted by Crippen LogP contribution is -2.25. The zero-order valence-electron chi connectivity index (χ0n) is 7.14. The van der Waals surface area contributed by atoms with E-state index in [9.17, 15) is 4.79 Å². The van der Waals surface area contributed by atoms with Crippen LogP contribution in [0, 0.1) is 0 Å². The Morgan fingerprint density at radius 1 is 1.57 bits per heavy atom. The molecule has 1 aliphatic rings. The van der Waals surface area contributed by atoms with E-state index in [-0.39, 0.29) is 12.5 Å². The lowest BCUT2D eigenvalue weighted by molar-refractivity contribution is -0.118. The molecule has 0 atom stereocenters. The van der Waals surface area contributed by atoms with Gasteiger partial charge in [-0.2, -0.15) is 0 Å². The van der Waals surface area contributed by atoms with Crippen LogP contribution in [0.15, 0.2) is 12.1 Å². The van der Waals surface area contributed by atoms with E-state index in [1.54, 1.807) is 6.07 Å². The summed E-state index contributed by atoms with van der Waals surface area (Å²) >= 11 is 9.38. The minimum Gasteiger partial charge on any atom is -0.482 e. The van der Waals surface area contributed by atoms with Crippen molar-refractivity contribution in [3.63, 3.8) is 0 Å². The van der Waals surface area contributed by atoms with Crippen LogP contribution in [0.25, 0.3) is 0 Å². The Kier molecular flexibility index (Phi) is 2.65. The second-order valence-electron chi connectivity index (χ2n) is 2.88. The molecule has 1 heterocycles. The summed E-state index contributed by atoms with van der Waals surface area (Å²) < 4.78 is 5.20. The maximum atomic E-state index is 11.1. The van der Waals surface area contributed by atoms with Gasteiger partial charge in [-0.15, -0.1) is 0 Å². The van der Waals surface area contributed by atoms with E-state index in [4.69, 9.17) is 16.3 Å². The van der Waals surface area contributed by atoms with Crippen LogP contribution in [-0.2, 0) is 10.1 Å². The molecule has 1 aromatic rings. The highest BCUT2D eigenvalue weighted by atomic mass is 79.9. The summed E-state index contributed by atoms with van der Waals surface area (Å²) in [6, 6.07) is 3.67. The van der Waals surface area contributed by atoms with E-state index in [1.807, 2.05) is 6.07 Å². The molecule has 14 heavy (non-hydrogen) atoms. The van der Waals surface area contributed by atoms with Crippen molar-refractivity contribution in [3.05, 3.63) is 22.7 Å². The molecule has 0 bridgehead atoms. The third kappa shape index (κ3) is 1.60. The number of benzene rings is 1. The van der Waals surface area contributed by atoms with Crippen LogP contribution in [0.3, 0.4) is 0 Å². The van der Waals surface area contributed by atoms with Crippen molar-refractivity contribution in [1.29, 1.82) is 0 Å². The van der Waals surface area contributed by atoms with Gasteiger partial charge in [0.2, 0.25) is 0 Å². The molecule has 0 unspecified atom stereocenters. The van der Waals surface area contributed by atoms with E-state index in [2.05, 4.69) is 21.2 Å². The molecule has 0 radical (unpaired) electrons. The zero-order chi connectivity index (χ0) is 10.1. The maximum Gasteiger partial charge on any atom is 0.262 e. The molecule has 1 N–H and O–H groups in total. The van der Waals surface area contributed by atoms with Gasteiger partial charge in [-0.1, -0.05) is 33.6 Å². The van der Waals surface area contributed by atoms with Gasteiger partial charge in [0.05, 0.1) is 5.02 Å². The van der Waals surface area contributed by atoms with Crippen molar-refractivity contribution in [2.24, 2.45) is 0 Å². The van der Waals surface area contributed by atoms with Crippen molar-refractivity contribution in [2.45, 2.75) is 5.33 Å². The Balaban J connectivity index is 2.50. The van der Waals surface area contributed by atoms with E-state index < -0.39 is 0 Å². The molecular formula is C9H7BrClNO2. The molecule has 3 nitrogen and oxygen atoms in total. The third-order valence-electron chi connectivity index (χ3n) is 1.95. The van der Waals surface area contributed by atoms with Crippen LogP contribution < -0.4 is 10.1 Å². The lowest BCUT2D eigenvalue weighted by atomic mass is 10.2. The van der Waals surface area contributed by atoms with Gasteiger partial charge < -0.3 is 10.1 Å². The maximum absolute atomic E-state index is 11.1. The van der Waals surface area contributed by atoms with Crippen LogP contribution in [0.5, 0.6) is 5.75 Å². The van der Waals surface area contributed by atoms with Gasteiger partial charge in [-0.05, 0) is 11.6 Å². The smallest absolute Gasteiger partial charge is 0.262 e. The molecule has 5 heteroatoms. The van der Waals surface area contributed by atoms with Crippen LogP contribution in [0.4, 0.5) is 5.69 Å². The van der Waals surface area contributed by atoms with Gasteiger partial charge in [-0.3, -0.25) is 4.79 Å². The number of halogens is 2. The van der Waals surface area contributed by atoms with Gasteiger partial charge in [0.1, 0.15) is 11.4 Å². The summed E-state index contributed by atoms with van der Waals surface area (Å²) in [4.78, 5) is 11.1. The number of hydrogen-bond donors (Lipinski definition) is 1. The summed E-state index contributed by atoms with van der Waals surface area (Å²) in [7, 11) is 0. The van der Waals surface area contributed by atoms with Gasteiger partial charge in [0, 0.05) is 5.33 Å². The van der Waals surface area contributed by atoms with Crippen LogP contribution in [-0.4, -0.2) is 12.5 Å². The fourth-order valence-corrected chi connectivity index (χ4v) is 2.16. The predicted molar refractivity (Wildman–Crippen MR) is 58.2 cm³/mol. The summed E-state index contributed by atoms with van der Waals surface area (Å²) in [5.41, 5.74) is 1.50. The Morgan fingerprint density at radius 3 is 3.07 bits per heavy atom. The Labute approximate surface area is 94.5 Å². The van der Waals surface area contributed by atoms with Gasteiger partial charge in [0.25, 0.3) is 5.91 Å². The number of ether oxygens (including phenoxy) is 1. The average molecular weight is 277 g/mol. The molecule has 0 spiro atoms. The fraction of sp³-hybridized carbons (Fsp3) is 0.222. The fourth-order valence-electron chi connectivity index (χ4n) is 1.26. The SMILES string of the molecule is O=C1COc2ccc(CBr)c(Cl)c2N1. The van der Waals surface area contributed by atoms with Crippen LogP contribution in [0.2, 0.25) is 5.02 Å².